The van der Waals surface area contributed by atoms with Crippen LogP contribution in [0.4, 0.5) is 5.13 Å². The largest absolute Gasteiger partial charge is 0.349 e. The van der Waals surface area contributed by atoms with Crippen molar-refractivity contribution in [1.82, 2.24) is 9.88 Å². The van der Waals surface area contributed by atoms with E-state index in [1.165, 1.54) is 4.70 Å². The molecular weight excluding hydrogens is 258 g/mol. The van der Waals surface area contributed by atoms with E-state index in [4.69, 9.17) is 0 Å². The van der Waals surface area contributed by atoms with Gasteiger partial charge in [0.2, 0.25) is 5.91 Å². The topological polar surface area (TPSA) is 36.4 Å². The summed E-state index contributed by atoms with van der Waals surface area (Å²) in [6, 6.07) is 8.17. The van der Waals surface area contributed by atoms with E-state index in [0.29, 0.717) is 6.42 Å². The second-order valence-electron chi connectivity index (χ2n) is 4.87. The number of fused-ring (bicyclic) bond motifs is 1. The van der Waals surface area contributed by atoms with Crippen molar-refractivity contribution < 1.29 is 4.79 Å². The number of para-hydroxylation sites is 1. The molecule has 0 bridgehead atoms. The summed E-state index contributed by atoms with van der Waals surface area (Å²) in [7, 11) is 2.04. The predicted molar refractivity (Wildman–Crippen MR) is 78.7 cm³/mol. The standard InChI is InChI=1S/C14H17N3OS/c1-16(9-10-17-8-4-7-13(17)18)14-15-11-5-2-3-6-12(11)19-14/h2-3,5-6H,4,7-10H2,1H3. The molecule has 1 aromatic carbocycles. The molecule has 0 aliphatic carbocycles. The van der Waals surface area contributed by atoms with Gasteiger partial charge >= 0.3 is 0 Å². The van der Waals surface area contributed by atoms with Gasteiger partial charge in [-0.1, -0.05) is 23.5 Å². The highest BCUT2D eigenvalue weighted by molar-refractivity contribution is 7.22. The molecule has 4 nitrogen and oxygen atoms in total. The molecule has 1 aliphatic heterocycles. The molecule has 1 amide bonds. The fourth-order valence-electron chi connectivity index (χ4n) is 2.33. The quantitative estimate of drug-likeness (QED) is 0.859. The Bertz CT molecular complexity index is 562. The predicted octanol–water partition coefficient (Wildman–Crippen LogP) is 2.35. The van der Waals surface area contributed by atoms with Crippen molar-refractivity contribution in [1.29, 1.82) is 0 Å². The highest BCUT2D eigenvalue weighted by Gasteiger charge is 2.20. The van der Waals surface area contributed by atoms with Crippen LogP contribution in [0.5, 0.6) is 0 Å². The molecule has 1 aliphatic rings. The number of nitrogens with zero attached hydrogens (tertiary/aromatic N) is 3. The average molecular weight is 275 g/mol. The number of likely N-dealkylation sites (tertiary alicyclic amines) is 1. The normalized spacial score (nSPS) is 15.4. The molecule has 0 atom stereocenters. The number of hydrogen-bond donors (Lipinski definition) is 0. The maximum atomic E-state index is 11.6. The smallest absolute Gasteiger partial charge is 0.222 e. The first-order valence-electron chi connectivity index (χ1n) is 6.58. The van der Waals surface area contributed by atoms with Crippen molar-refractivity contribution in [2.45, 2.75) is 12.8 Å². The Labute approximate surface area is 116 Å². The third kappa shape index (κ3) is 2.56. The molecule has 0 radical (unpaired) electrons. The Morgan fingerprint density at radius 3 is 3.00 bits per heavy atom. The monoisotopic (exact) mass is 275 g/mol. The Hall–Kier alpha value is -1.62. The number of amides is 1. The second kappa shape index (κ2) is 5.17. The first-order chi connectivity index (χ1) is 9.24. The zero-order chi connectivity index (χ0) is 13.2. The third-order valence-electron chi connectivity index (χ3n) is 3.49. The van der Waals surface area contributed by atoms with Crippen LogP contribution in [-0.4, -0.2) is 42.5 Å². The van der Waals surface area contributed by atoms with Crippen molar-refractivity contribution in [3.05, 3.63) is 24.3 Å². The zero-order valence-electron chi connectivity index (χ0n) is 11.0. The summed E-state index contributed by atoms with van der Waals surface area (Å²) in [4.78, 5) is 20.3. The third-order valence-corrected chi connectivity index (χ3v) is 4.64. The average Bonchev–Trinajstić information content (AvgIpc) is 3.01. The first kappa shape index (κ1) is 12.4. The molecule has 100 valence electrons. The Kier molecular flexibility index (Phi) is 3.38. The number of thiazole rings is 1. The summed E-state index contributed by atoms with van der Waals surface area (Å²) in [5.74, 6) is 0.290. The molecule has 5 heteroatoms. The maximum Gasteiger partial charge on any atom is 0.222 e. The molecule has 0 N–H and O–H groups in total. The first-order valence-corrected chi connectivity index (χ1v) is 7.40. The Balaban J connectivity index is 1.66. The molecule has 2 aromatic rings. The van der Waals surface area contributed by atoms with Gasteiger partial charge in [0.1, 0.15) is 0 Å². The second-order valence-corrected chi connectivity index (χ2v) is 5.88. The molecule has 0 saturated carbocycles. The lowest BCUT2D eigenvalue weighted by Gasteiger charge is -2.21. The van der Waals surface area contributed by atoms with Crippen LogP contribution in [0.1, 0.15) is 12.8 Å². The number of aromatic nitrogens is 1. The van der Waals surface area contributed by atoms with Crippen LogP contribution in [-0.2, 0) is 4.79 Å². The van der Waals surface area contributed by atoms with Gasteiger partial charge in [-0.25, -0.2) is 4.98 Å². The van der Waals surface area contributed by atoms with Gasteiger partial charge in [0.25, 0.3) is 0 Å². The van der Waals surface area contributed by atoms with Gasteiger partial charge in [0, 0.05) is 33.1 Å². The van der Waals surface area contributed by atoms with E-state index in [2.05, 4.69) is 16.0 Å². The number of benzene rings is 1. The van der Waals surface area contributed by atoms with E-state index in [-0.39, 0.29) is 5.91 Å². The SMILES string of the molecule is CN(CCN1CCCC1=O)c1nc2ccccc2s1. The van der Waals surface area contributed by atoms with Crippen molar-refractivity contribution in [3.8, 4) is 0 Å². The molecule has 2 heterocycles. The van der Waals surface area contributed by atoms with Crippen molar-refractivity contribution >= 4 is 32.6 Å². The molecule has 0 unspecified atom stereocenters. The van der Waals surface area contributed by atoms with E-state index >= 15 is 0 Å². The Morgan fingerprint density at radius 2 is 2.26 bits per heavy atom. The fraction of sp³-hybridized carbons (Fsp3) is 0.429. The minimum absolute atomic E-state index is 0.290. The van der Waals surface area contributed by atoms with E-state index in [9.17, 15) is 4.79 Å². The molecular formula is C14H17N3OS. The number of carbonyl (C=O) groups excluding carboxylic acids is 1. The van der Waals surface area contributed by atoms with Crippen LogP contribution >= 0.6 is 11.3 Å². The van der Waals surface area contributed by atoms with Crippen molar-refractivity contribution in [3.63, 3.8) is 0 Å². The summed E-state index contributed by atoms with van der Waals surface area (Å²) >= 11 is 1.70. The molecule has 19 heavy (non-hydrogen) atoms. The number of hydrogen-bond acceptors (Lipinski definition) is 4. The van der Waals surface area contributed by atoms with Gasteiger partial charge in [0.05, 0.1) is 10.2 Å². The van der Waals surface area contributed by atoms with Crippen LogP contribution in [0, 0.1) is 0 Å². The van der Waals surface area contributed by atoms with Gasteiger partial charge in [-0.05, 0) is 18.6 Å². The van der Waals surface area contributed by atoms with Gasteiger partial charge in [-0.3, -0.25) is 4.79 Å². The molecule has 3 rings (SSSR count). The summed E-state index contributed by atoms with van der Waals surface area (Å²) < 4.78 is 1.21. The van der Waals surface area contributed by atoms with E-state index in [1.54, 1.807) is 11.3 Å². The van der Waals surface area contributed by atoms with Gasteiger partial charge in [0.15, 0.2) is 5.13 Å². The van der Waals surface area contributed by atoms with Crippen LogP contribution < -0.4 is 4.90 Å². The lowest BCUT2D eigenvalue weighted by Crippen LogP contribution is -2.33. The zero-order valence-corrected chi connectivity index (χ0v) is 11.8. The van der Waals surface area contributed by atoms with E-state index in [1.807, 2.05) is 30.1 Å². The van der Waals surface area contributed by atoms with Crippen LogP contribution in [0.3, 0.4) is 0 Å². The van der Waals surface area contributed by atoms with Crippen molar-refractivity contribution in [2.24, 2.45) is 0 Å². The fourth-order valence-corrected chi connectivity index (χ4v) is 3.28. The molecule has 0 spiro atoms. The number of likely N-dealkylation sites (N-methyl/N-ethyl adjacent to an activating group) is 1. The van der Waals surface area contributed by atoms with E-state index < -0.39 is 0 Å². The molecule has 1 fully saturated rings. The minimum Gasteiger partial charge on any atom is -0.349 e. The highest BCUT2D eigenvalue weighted by Crippen LogP contribution is 2.27. The number of anilines is 1. The maximum absolute atomic E-state index is 11.6. The lowest BCUT2D eigenvalue weighted by molar-refractivity contribution is -0.127. The molecule has 1 saturated heterocycles. The summed E-state index contributed by atoms with van der Waals surface area (Å²) in [5, 5.41) is 1.02. The molecule has 1 aromatic heterocycles. The van der Waals surface area contributed by atoms with Crippen molar-refractivity contribution in [2.75, 3.05) is 31.6 Å². The van der Waals surface area contributed by atoms with E-state index in [0.717, 1.165) is 36.7 Å². The number of rotatable bonds is 4. The highest BCUT2D eigenvalue weighted by atomic mass is 32.1. The summed E-state index contributed by atoms with van der Waals surface area (Å²) in [5.41, 5.74) is 1.05. The lowest BCUT2D eigenvalue weighted by atomic mass is 10.3. The van der Waals surface area contributed by atoms with Crippen LogP contribution in [0.15, 0.2) is 24.3 Å². The van der Waals surface area contributed by atoms with Gasteiger partial charge in [-0.15, -0.1) is 0 Å². The Morgan fingerprint density at radius 1 is 1.42 bits per heavy atom. The minimum atomic E-state index is 0.290. The summed E-state index contributed by atoms with van der Waals surface area (Å²) in [6.45, 7) is 2.54. The van der Waals surface area contributed by atoms with Crippen LogP contribution in [0.25, 0.3) is 10.2 Å². The van der Waals surface area contributed by atoms with Gasteiger partial charge < -0.3 is 9.80 Å². The van der Waals surface area contributed by atoms with Gasteiger partial charge in [-0.2, -0.15) is 0 Å². The van der Waals surface area contributed by atoms with Crippen LogP contribution in [0.2, 0.25) is 0 Å². The summed E-state index contributed by atoms with van der Waals surface area (Å²) in [6.07, 6.45) is 1.72. The number of carbonyl (C=O) groups is 1.